The van der Waals surface area contributed by atoms with Crippen molar-refractivity contribution in [3.05, 3.63) is 22.8 Å². The number of hydrogen-bond donors (Lipinski definition) is 1. The molecule has 1 saturated heterocycles. The molecule has 1 fully saturated rings. The Morgan fingerprint density at radius 3 is 3.30 bits per heavy atom. The van der Waals surface area contributed by atoms with Gasteiger partial charge in [-0.15, -0.1) is 11.3 Å². The van der Waals surface area contributed by atoms with E-state index in [0.717, 1.165) is 24.4 Å². The van der Waals surface area contributed by atoms with Crippen LogP contribution < -0.4 is 5.32 Å². The highest BCUT2D eigenvalue weighted by Gasteiger charge is 2.20. The summed E-state index contributed by atoms with van der Waals surface area (Å²) in [6, 6.07) is 0. The average molecular weight is 155 g/mol. The average Bonchev–Trinajstić information content (AvgIpc) is 2.59. The van der Waals surface area contributed by atoms with Crippen LogP contribution in [0.25, 0.3) is 0 Å². The number of ether oxygens (including phenoxy) is 1. The summed E-state index contributed by atoms with van der Waals surface area (Å²) in [4.78, 5) is 4.09. The van der Waals surface area contributed by atoms with Gasteiger partial charge in [-0.1, -0.05) is 0 Å². The molecule has 1 aromatic heterocycles. The van der Waals surface area contributed by atoms with E-state index in [-0.39, 0.29) is 0 Å². The molecule has 3 nitrogen and oxygen atoms in total. The smallest absolute Gasteiger partial charge is 0.222 e. The van der Waals surface area contributed by atoms with E-state index in [4.69, 9.17) is 4.74 Å². The quantitative estimate of drug-likeness (QED) is 0.645. The van der Waals surface area contributed by atoms with Crippen LogP contribution in [0.3, 0.4) is 0 Å². The molecule has 0 saturated carbocycles. The third-order valence-corrected chi connectivity index (χ3v) is 2.03. The molecule has 2 rings (SSSR count). The van der Waals surface area contributed by atoms with Gasteiger partial charge in [0.25, 0.3) is 0 Å². The van der Waals surface area contributed by atoms with Gasteiger partial charge in [0, 0.05) is 18.1 Å². The van der Waals surface area contributed by atoms with E-state index >= 15 is 0 Å². The van der Waals surface area contributed by atoms with E-state index in [9.17, 15) is 0 Å². The van der Waals surface area contributed by atoms with Gasteiger partial charge in [-0.3, -0.25) is 5.32 Å². The van der Waals surface area contributed by atoms with Crippen LogP contribution in [0.1, 0.15) is 5.01 Å². The molecule has 2 heterocycles. The first-order chi connectivity index (χ1) is 4.97. The summed E-state index contributed by atoms with van der Waals surface area (Å²) in [6.45, 7) is 1.66. The van der Waals surface area contributed by atoms with Gasteiger partial charge in [0.15, 0.2) is 0 Å². The van der Waals surface area contributed by atoms with E-state index in [0.29, 0.717) is 0 Å². The molecule has 0 aliphatic carbocycles. The molecular formula is C6H7N2OS. The second kappa shape index (κ2) is 2.65. The SMILES string of the molecule is c1csc([C]2NCCO2)n1. The van der Waals surface area contributed by atoms with Crippen molar-refractivity contribution in [2.24, 2.45) is 0 Å². The Morgan fingerprint density at radius 2 is 2.70 bits per heavy atom. The summed E-state index contributed by atoms with van der Waals surface area (Å²) < 4.78 is 5.25. The molecule has 0 spiro atoms. The van der Waals surface area contributed by atoms with E-state index in [1.165, 1.54) is 0 Å². The first-order valence-electron chi connectivity index (χ1n) is 3.10. The minimum atomic E-state index is 0.759. The molecule has 10 heavy (non-hydrogen) atoms. The van der Waals surface area contributed by atoms with Gasteiger partial charge in [0.05, 0.1) is 6.61 Å². The molecule has 1 aliphatic heterocycles. The lowest BCUT2D eigenvalue weighted by atomic mass is 10.6. The monoisotopic (exact) mass is 155 g/mol. The lowest BCUT2D eigenvalue weighted by Gasteiger charge is -2.01. The third kappa shape index (κ3) is 1.05. The molecular weight excluding hydrogens is 148 g/mol. The molecule has 1 radical (unpaired) electrons. The van der Waals surface area contributed by atoms with Gasteiger partial charge < -0.3 is 4.74 Å². The fourth-order valence-corrected chi connectivity index (χ4v) is 1.45. The van der Waals surface area contributed by atoms with Crippen molar-refractivity contribution in [3.63, 3.8) is 0 Å². The maximum Gasteiger partial charge on any atom is 0.222 e. The van der Waals surface area contributed by atoms with Crippen LogP contribution >= 0.6 is 11.3 Å². The van der Waals surface area contributed by atoms with Crippen LogP contribution in [0.4, 0.5) is 0 Å². The Morgan fingerprint density at radius 1 is 1.70 bits per heavy atom. The van der Waals surface area contributed by atoms with E-state index in [2.05, 4.69) is 10.3 Å². The maximum absolute atomic E-state index is 5.25. The highest BCUT2D eigenvalue weighted by atomic mass is 32.1. The second-order valence-corrected chi connectivity index (χ2v) is 2.84. The van der Waals surface area contributed by atoms with Crippen LogP contribution in [0.2, 0.25) is 0 Å². The molecule has 0 bridgehead atoms. The number of nitrogens with zero attached hydrogens (tertiary/aromatic N) is 1. The van der Waals surface area contributed by atoms with E-state index in [1.54, 1.807) is 17.5 Å². The molecule has 0 aromatic carbocycles. The van der Waals surface area contributed by atoms with Gasteiger partial charge in [-0.05, 0) is 0 Å². The minimum absolute atomic E-state index is 0.759. The molecule has 1 N–H and O–H groups in total. The zero-order valence-corrected chi connectivity index (χ0v) is 6.15. The van der Waals surface area contributed by atoms with Gasteiger partial charge >= 0.3 is 0 Å². The van der Waals surface area contributed by atoms with Crippen molar-refractivity contribution < 1.29 is 4.74 Å². The van der Waals surface area contributed by atoms with Gasteiger partial charge in [-0.2, -0.15) is 0 Å². The highest BCUT2D eigenvalue weighted by molar-refractivity contribution is 7.09. The summed E-state index contributed by atoms with van der Waals surface area (Å²) in [5, 5.41) is 5.98. The van der Waals surface area contributed by atoms with Gasteiger partial charge in [0.2, 0.25) is 6.23 Å². The Balaban J connectivity index is 2.12. The van der Waals surface area contributed by atoms with Crippen molar-refractivity contribution in [2.45, 2.75) is 0 Å². The molecule has 0 unspecified atom stereocenters. The standard InChI is InChI=1S/C6H7N2OS/c1-3-9-5(7-1)6-8-2-4-10-6/h2,4,7H,1,3H2. The van der Waals surface area contributed by atoms with E-state index < -0.39 is 0 Å². The number of nitrogens with one attached hydrogen (secondary N) is 1. The Kier molecular flexibility index (Phi) is 1.66. The number of hydrogen-bond acceptors (Lipinski definition) is 4. The molecule has 0 amide bonds. The molecule has 53 valence electrons. The Bertz CT molecular complexity index is 194. The Labute approximate surface area is 63.0 Å². The highest BCUT2D eigenvalue weighted by Crippen LogP contribution is 2.17. The summed E-state index contributed by atoms with van der Waals surface area (Å²) in [5.41, 5.74) is 0. The van der Waals surface area contributed by atoms with Crippen molar-refractivity contribution in [1.29, 1.82) is 0 Å². The number of aromatic nitrogens is 1. The lowest BCUT2D eigenvalue weighted by molar-refractivity contribution is 0.214. The first-order valence-corrected chi connectivity index (χ1v) is 3.98. The molecule has 1 aliphatic rings. The van der Waals surface area contributed by atoms with Crippen LogP contribution in [0.15, 0.2) is 11.6 Å². The zero-order valence-electron chi connectivity index (χ0n) is 5.33. The second-order valence-electron chi connectivity index (χ2n) is 1.94. The predicted octanol–water partition coefficient (Wildman–Crippen LogP) is 0.600. The fourth-order valence-electron chi connectivity index (χ4n) is 0.842. The summed E-state index contributed by atoms with van der Waals surface area (Å²) in [5.74, 6) is 0. The van der Waals surface area contributed by atoms with Crippen LogP contribution in [-0.4, -0.2) is 18.1 Å². The topological polar surface area (TPSA) is 34.1 Å². The normalized spacial score (nSPS) is 20.0. The van der Waals surface area contributed by atoms with E-state index in [1.807, 2.05) is 5.38 Å². The third-order valence-electron chi connectivity index (χ3n) is 1.26. The maximum atomic E-state index is 5.25. The lowest BCUT2D eigenvalue weighted by Crippen LogP contribution is -2.14. The predicted molar refractivity (Wildman–Crippen MR) is 38.4 cm³/mol. The van der Waals surface area contributed by atoms with Gasteiger partial charge in [-0.25, -0.2) is 4.98 Å². The molecule has 1 aromatic rings. The fraction of sp³-hybridized carbons (Fsp3) is 0.333. The van der Waals surface area contributed by atoms with Crippen LogP contribution in [0.5, 0.6) is 0 Å². The summed E-state index contributed by atoms with van der Waals surface area (Å²) >= 11 is 1.58. The van der Waals surface area contributed by atoms with Crippen molar-refractivity contribution in [3.8, 4) is 0 Å². The van der Waals surface area contributed by atoms with Gasteiger partial charge in [0.1, 0.15) is 5.01 Å². The van der Waals surface area contributed by atoms with Crippen molar-refractivity contribution >= 4 is 11.3 Å². The van der Waals surface area contributed by atoms with Crippen molar-refractivity contribution in [1.82, 2.24) is 10.3 Å². The molecule has 4 heteroatoms. The van der Waals surface area contributed by atoms with Crippen LogP contribution in [-0.2, 0) is 4.74 Å². The summed E-state index contributed by atoms with van der Waals surface area (Å²) in [7, 11) is 0. The summed E-state index contributed by atoms with van der Waals surface area (Å²) in [6.07, 6.45) is 2.60. The largest absolute Gasteiger partial charge is 0.348 e. The number of thiazole rings is 1. The minimum Gasteiger partial charge on any atom is -0.348 e. The zero-order chi connectivity index (χ0) is 6.81. The first kappa shape index (κ1) is 6.27. The van der Waals surface area contributed by atoms with Crippen molar-refractivity contribution in [2.75, 3.05) is 13.2 Å². The molecule has 0 atom stereocenters. The Hall–Kier alpha value is -0.450. The van der Waals surface area contributed by atoms with Crippen LogP contribution in [0, 0.1) is 6.23 Å². The number of rotatable bonds is 1.